The summed E-state index contributed by atoms with van der Waals surface area (Å²) < 4.78 is 0. The van der Waals surface area contributed by atoms with E-state index in [2.05, 4.69) is 10.6 Å². The van der Waals surface area contributed by atoms with E-state index >= 15 is 0 Å². The number of rotatable bonds is 8. The van der Waals surface area contributed by atoms with Crippen molar-refractivity contribution in [2.24, 2.45) is 0 Å². The summed E-state index contributed by atoms with van der Waals surface area (Å²) in [6.07, 6.45) is 0. The van der Waals surface area contributed by atoms with Gasteiger partial charge < -0.3 is 20.8 Å². The summed E-state index contributed by atoms with van der Waals surface area (Å²) >= 11 is 25.2. The number of hydrogen-bond donors (Lipinski definition) is 4. The zero-order valence-electron chi connectivity index (χ0n) is 18.7. The number of benzene rings is 3. The third-order valence-electron chi connectivity index (χ3n) is 4.95. The lowest BCUT2D eigenvalue weighted by Gasteiger charge is -2.14. The van der Waals surface area contributed by atoms with Crippen molar-refractivity contribution in [2.45, 2.75) is 11.8 Å². The molecule has 3 aromatic rings. The monoisotopic (exact) mass is 600 g/mol. The third kappa shape index (κ3) is 6.68. The second kappa shape index (κ2) is 12.1. The molecular weight excluding hydrogens is 586 g/mol. The molecule has 3 aromatic carbocycles. The van der Waals surface area contributed by atoms with Gasteiger partial charge >= 0.3 is 11.9 Å². The van der Waals surface area contributed by atoms with E-state index in [-0.39, 0.29) is 32.3 Å². The number of nitrogens with one attached hydrogen (secondary N) is 2. The molecule has 0 unspecified atom stereocenters. The SMILES string of the molecule is Cc1ccc(C(=O)O)cc1NC(=O)CSc1ccc(NC(=O)c2c(Cl)c(Cl)c(Cl)c(Cl)c2C(=O)O)cc1. The maximum Gasteiger partial charge on any atom is 0.338 e. The second-order valence-electron chi connectivity index (χ2n) is 7.46. The molecule has 0 aliphatic heterocycles. The van der Waals surface area contributed by atoms with Crippen LogP contribution >= 0.6 is 58.2 Å². The molecule has 2 amide bonds. The molecule has 0 atom stereocenters. The van der Waals surface area contributed by atoms with Crippen LogP contribution in [0.5, 0.6) is 0 Å². The van der Waals surface area contributed by atoms with E-state index in [1.807, 2.05) is 0 Å². The second-order valence-corrected chi connectivity index (χ2v) is 10.0. The summed E-state index contributed by atoms with van der Waals surface area (Å²) in [4.78, 5) is 48.7. The van der Waals surface area contributed by atoms with Gasteiger partial charge in [-0.15, -0.1) is 11.8 Å². The molecule has 0 aromatic heterocycles. The number of aromatic carboxylic acids is 2. The van der Waals surface area contributed by atoms with E-state index in [0.29, 0.717) is 16.3 Å². The largest absolute Gasteiger partial charge is 0.478 e. The first kappa shape index (κ1) is 28.6. The Morgan fingerprint density at radius 2 is 1.38 bits per heavy atom. The van der Waals surface area contributed by atoms with Crippen LogP contribution in [0.3, 0.4) is 0 Å². The van der Waals surface area contributed by atoms with E-state index in [0.717, 1.165) is 5.56 Å². The summed E-state index contributed by atoms with van der Waals surface area (Å²) in [6, 6.07) is 10.8. The van der Waals surface area contributed by atoms with Crippen LogP contribution in [0.25, 0.3) is 0 Å². The van der Waals surface area contributed by atoms with Crippen LogP contribution in [0.4, 0.5) is 11.4 Å². The summed E-state index contributed by atoms with van der Waals surface area (Å²) in [5.41, 5.74) is 0.482. The number of carboxylic acid groups (broad SMARTS) is 2. The molecule has 0 bridgehead atoms. The Balaban J connectivity index is 1.67. The molecular formula is C24H16Cl4N2O6S. The minimum atomic E-state index is -1.51. The first-order valence-electron chi connectivity index (χ1n) is 10.2. The highest BCUT2D eigenvalue weighted by Crippen LogP contribution is 2.41. The van der Waals surface area contributed by atoms with E-state index in [1.54, 1.807) is 37.3 Å². The highest BCUT2D eigenvalue weighted by molar-refractivity contribution is 8.00. The number of carbonyl (C=O) groups is 4. The first-order valence-corrected chi connectivity index (χ1v) is 12.7. The van der Waals surface area contributed by atoms with Crippen molar-refractivity contribution in [3.05, 3.63) is 84.8 Å². The van der Waals surface area contributed by atoms with Crippen LogP contribution in [0.1, 0.15) is 36.6 Å². The van der Waals surface area contributed by atoms with Gasteiger partial charge in [-0.2, -0.15) is 0 Å². The van der Waals surface area contributed by atoms with Crippen LogP contribution in [0.2, 0.25) is 20.1 Å². The summed E-state index contributed by atoms with van der Waals surface area (Å²) in [5, 5.41) is 22.5. The summed E-state index contributed by atoms with van der Waals surface area (Å²) in [6.45, 7) is 1.75. The van der Waals surface area contributed by atoms with E-state index in [4.69, 9.17) is 51.5 Å². The smallest absolute Gasteiger partial charge is 0.338 e. The van der Waals surface area contributed by atoms with E-state index in [9.17, 15) is 24.3 Å². The fourth-order valence-corrected chi connectivity index (χ4v) is 4.82. The lowest BCUT2D eigenvalue weighted by atomic mass is 10.1. The molecule has 0 heterocycles. The number of carbonyl (C=O) groups excluding carboxylic acids is 2. The highest BCUT2D eigenvalue weighted by atomic mass is 35.5. The fraction of sp³-hybridized carbons (Fsp3) is 0.0833. The zero-order valence-corrected chi connectivity index (χ0v) is 22.5. The van der Waals surface area contributed by atoms with Gasteiger partial charge in [-0.05, 0) is 48.9 Å². The lowest BCUT2D eigenvalue weighted by molar-refractivity contribution is -0.113. The first-order chi connectivity index (χ1) is 17.4. The Morgan fingerprint density at radius 3 is 1.95 bits per heavy atom. The molecule has 0 saturated heterocycles. The van der Waals surface area contributed by atoms with Gasteiger partial charge in [0.2, 0.25) is 5.91 Å². The molecule has 192 valence electrons. The number of aryl methyl sites for hydroxylation is 1. The van der Waals surface area contributed by atoms with Gasteiger partial charge in [0.25, 0.3) is 5.91 Å². The van der Waals surface area contributed by atoms with Gasteiger partial charge in [0.1, 0.15) is 0 Å². The van der Waals surface area contributed by atoms with E-state index in [1.165, 1.54) is 23.9 Å². The molecule has 0 radical (unpaired) electrons. The summed E-state index contributed by atoms with van der Waals surface area (Å²) in [7, 11) is 0. The van der Waals surface area contributed by atoms with Crippen molar-refractivity contribution < 1.29 is 29.4 Å². The predicted molar refractivity (Wildman–Crippen MR) is 145 cm³/mol. The van der Waals surface area contributed by atoms with Gasteiger partial charge in [-0.3, -0.25) is 9.59 Å². The molecule has 0 saturated carbocycles. The fourth-order valence-electron chi connectivity index (χ4n) is 3.10. The topological polar surface area (TPSA) is 133 Å². The van der Waals surface area contributed by atoms with Crippen LogP contribution in [-0.4, -0.2) is 39.7 Å². The maximum absolute atomic E-state index is 12.8. The van der Waals surface area contributed by atoms with Gasteiger partial charge in [-0.25, -0.2) is 9.59 Å². The minimum absolute atomic E-state index is 0.0434. The normalized spacial score (nSPS) is 10.6. The molecule has 37 heavy (non-hydrogen) atoms. The molecule has 0 aliphatic rings. The van der Waals surface area contributed by atoms with Crippen molar-refractivity contribution in [3.8, 4) is 0 Å². The number of halogens is 4. The molecule has 3 rings (SSSR count). The Bertz CT molecular complexity index is 1430. The highest BCUT2D eigenvalue weighted by Gasteiger charge is 2.29. The number of anilines is 2. The Morgan fingerprint density at radius 1 is 0.784 bits per heavy atom. The van der Waals surface area contributed by atoms with Crippen LogP contribution in [-0.2, 0) is 4.79 Å². The van der Waals surface area contributed by atoms with Gasteiger partial charge in [0, 0.05) is 16.3 Å². The average Bonchev–Trinajstić information content (AvgIpc) is 2.85. The van der Waals surface area contributed by atoms with Crippen molar-refractivity contribution in [1.29, 1.82) is 0 Å². The number of carboxylic acids is 2. The Hall–Kier alpha value is -2.95. The van der Waals surface area contributed by atoms with Gasteiger partial charge in [-0.1, -0.05) is 52.5 Å². The molecule has 0 spiro atoms. The van der Waals surface area contributed by atoms with Crippen LogP contribution in [0, 0.1) is 6.92 Å². The molecule has 4 N–H and O–H groups in total. The quantitative estimate of drug-likeness (QED) is 0.124. The van der Waals surface area contributed by atoms with Crippen molar-refractivity contribution in [3.63, 3.8) is 0 Å². The minimum Gasteiger partial charge on any atom is -0.478 e. The third-order valence-corrected chi connectivity index (χ3v) is 7.76. The van der Waals surface area contributed by atoms with Crippen LogP contribution < -0.4 is 10.6 Å². The van der Waals surface area contributed by atoms with Crippen LogP contribution in [0.15, 0.2) is 47.4 Å². The lowest BCUT2D eigenvalue weighted by Crippen LogP contribution is -2.18. The van der Waals surface area contributed by atoms with Crippen molar-refractivity contribution >= 4 is 93.3 Å². The Kier molecular flexibility index (Phi) is 9.33. The Labute approximate surface area is 234 Å². The number of hydrogen-bond acceptors (Lipinski definition) is 5. The molecule has 0 fully saturated rings. The van der Waals surface area contributed by atoms with Crippen molar-refractivity contribution in [2.75, 3.05) is 16.4 Å². The van der Waals surface area contributed by atoms with E-state index < -0.39 is 34.0 Å². The maximum atomic E-state index is 12.8. The van der Waals surface area contributed by atoms with Crippen molar-refractivity contribution in [1.82, 2.24) is 0 Å². The summed E-state index contributed by atoms with van der Waals surface area (Å²) in [5.74, 6) is -3.75. The standard InChI is InChI=1S/C24H16Cl4N2O6S/c1-10-2-3-11(23(33)34)8-14(10)30-15(31)9-37-13-6-4-12(5-7-13)29-22(32)16-17(24(35)36)19(26)21(28)20(27)18(16)25/h2-8H,9H2,1H3,(H,29,32)(H,30,31)(H,33,34)(H,35,36). The predicted octanol–water partition coefficient (Wildman–Crippen LogP) is 6.99. The van der Waals surface area contributed by atoms with Gasteiger partial charge in [0.15, 0.2) is 0 Å². The number of thioether (sulfide) groups is 1. The molecule has 0 aliphatic carbocycles. The average molecular weight is 602 g/mol. The molecule has 13 heteroatoms. The van der Waals surface area contributed by atoms with Gasteiger partial charge in [0.05, 0.1) is 42.5 Å². The zero-order chi connectivity index (χ0) is 27.4. The molecule has 8 nitrogen and oxygen atoms in total. The number of amides is 2.